The quantitative estimate of drug-likeness (QED) is 0.583. The minimum atomic E-state index is -0.289. The number of carbonyl (C=O) groups is 1. The molecule has 1 amide bonds. The molecule has 33 heavy (non-hydrogen) atoms. The van der Waals surface area contributed by atoms with Crippen LogP contribution in [-0.4, -0.2) is 41.7 Å². The van der Waals surface area contributed by atoms with Gasteiger partial charge < -0.3 is 15.0 Å². The molecule has 1 saturated heterocycles. The minimum absolute atomic E-state index is 0.199. The van der Waals surface area contributed by atoms with Crippen molar-refractivity contribution in [1.82, 2.24) is 15.2 Å². The number of aromatic nitrogens is 1. The third kappa shape index (κ3) is 3.42. The van der Waals surface area contributed by atoms with Crippen molar-refractivity contribution in [3.63, 3.8) is 0 Å². The summed E-state index contributed by atoms with van der Waals surface area (Å²) >= 11 is 1.52. The molecule has 1 aromatic heterocycles. The molecule has 4 fully saturated rings. The van der Waals surface area contributed by atoms with E-state index in [2.05, 4.69) is 42.2 Å². The maximum absolute atomic E-state index is 12.4. The highest BCUT2D eigenvalue weighted by Gasteiger charge is 2.63. The lowest BCUT2D eigenvalue weighted by Crippen LogP contribution is -2.52. The van der Waals surface area contributed by atoms with E-state index in [-0.39, 0.29) is 12.1 Å². The SMILES string of the molecule is C[C@H]1[C@H]2CC[C@H]3[C@@H]4CC=C5C[C@@H](NC(=O)OCc6cncs6)CC[C@]5(C)C4CC[C@]23CN1C. The van der Waals surface area contributed by atoms with E-state index in [0.717, 1.165) is 47.4 Å². The number of alkyl carbamates (subject to hydrolysis) is 1. The fraction of sp³-hybridized carbons (Fsp3) is 0.778. The van der Waals surface area contributed by atoms with Crippen LogP contribution in [-0.2, 0) is 11.3 Å². The number of hydrogen-bond donors (Lipinski definition) is 1. The fourth-order valence-corrected chi connectivity index (χ4v) is 9.75. The number of rotatable bonds is 3. The molecule has 5 aliphatic rings. The number of amides is 1. The van der Waals surface area contributed by atoms with Gasteiger partial charge in [-0.2, -0.15) is 0 Å². The number of fused-ring (bicyclic) bond motifs is 4. The van der Waals surface area contributed by atoms with Gasteiger partial charge in [-0.15, -0.1) is 11.3 Å². The Morgan fingerprint density at radius 3 is 2.91 bits per heavy atom. The Bertz CT molecular complexity index is 932. The summed E-state index contributed by atoms with van der Waals surface area (Å²) < 4.78 is 5.44. The lowest BCUT2D eigenvalue weighted by atomic mass is 9.47. The molecule has 1 aromatic rings. The number of ether oxygens (including phenoxy) is 1. The Kier molecular flexibility index (Phi) is 5.41. The van der Waals surface area contributed by atoms with Crippen molar-refractivity contribution in [3.8, 4) is 0 Å². The zero-order valence-electron chi connectivity index (χ0n) is 20.4. The van der Waals surface area contributed by atoms with E-state index in [0.29, 0.717) is 17.4 Å². The fourth-order valence-electron chi connectivity index (χ4n) is 9.24. The summed E-state index contributed by atoms with van der Waals surface area (Å²) in [5.41, 5.74) is 4.30. The van der Waals surface area contributed by atoms with Gasteiger partial charge in [0.1, 0.15) is 6.61 Å². The smallest absolute Gasteiger partial charge is 0.407 e. The molecular formula is C27H39N3O2S. The second-order valence-corrected chi connectivity index (χ2v) is 13.0. The van der Waals surface area contributed by atoms with Gasteiger partial charge in [0.2, 0.25) is 0 Å². The largest absolute Gasteiger partial charge is 0.444 e. The van der Waals surface area contributed by atoms with Crippen molar-refractivity contribution in [2.75, 3.05) is 13.6 Å². The van der Waals surface area contributed by atoms with Crippen LogP contribution >= 0.6 is 11.3 Å². The van der Waals surface area contributed by atoms with E-state index in [4.69, 9.17) is 4.74 Å². The van der Waals surface area contributed by atoms with Crippen molar-refractivity contribution in [2.24, 2.45) is 34.5 Å². The zero-order valence-corrected chi connectivity index (χ0v) is 21.2. The lowest BCUT2D eigenvalue weighted by molar-refractivity contribution is -0.0405. The topological polar surface area (TPSA) is 54.5 Å². The Morgan fingerprint density at radius 2 is 2.09 bits per heavy atom. The van der Waals surface area contributed by atoms with Crippen LogP contribution in [0.1, 0.15) is 70.1 Å². The number of nitrogens with zero attached hydrogens (tertiary/aromatic N) is 2. The van der Waals surface area contributed by atoms with Gasteiger partial charge in [0, 0.05) is 24.8 Å². The molecule has 1 N–H and O–H groups in total. The number of likely N-dealkylation sites (tertiary alicyclic amines) is 1. The van der Waals surface area contributed by atoms with Gasteiger partial charge in [-0.3, -0.25) is 4.98 Å². The Hall–Kier alpha value is -1.40. The summed E-state index contributed by atoms with van der Waals surface area (Å²) in [7, 11) is 2.36. The maximum Gasteiger partial charge on any atom is 0.407 e. The molecule has 1 spiro atoms. The monoisotopic (exact) mass is 469 g/mol. The van der Waals surface area contributed by atoms with Crippen LogP contribution in [0.5, 0.6) is 0 Å². The highest BCUT2D eigenvalue weighted by molar-refractivity contribution is 7.09. The van der Waals surface area contributed by atoms with E-state index < -0.39 is 0 Å². The Morgan fingerprint density at radius 1 is 1.24 bits per heavy atom. The predicted molar refractivity (Wildman–Crippen MR) is 131 cm³/mol. The highest BCUT2D eigenvalue weighted by atomic mass is 32.1. The van der Waals surface area contributed by atoms with E-state index in [1.54, 1.807) is 17.3 Å². The van der Waals surface area contributed by atoms with Gasteiger partial charge in [-0.05, 0) is 99.8 Å². The van der Waals surface area contributed by atoms with Crippen LogP contribution in [0.25, 0.3) is 0 Å². The first-order valence-electron chi connectivity index (χ1n) is 13.1. The standard InChI is InChI=1S/C27H39N3O2S/c1-17-22-6-7-24-21-5-4-18-12-19(29-25(31)32-14-20-13-28-16-33-20)8-10-26(18,2)23(21)9-11-27(22,24)15-30(17)3/h4,13,16-17,19,21-24H,5-12,14-15H2,1-3H3,(H,29,31)/t17-,19-,21+,22+,23?,24-,26-,27-/m0/s1. The molecular weight excluding hydrogens is 430 g/mol. The molecule has 180 valence electrons. The number of carbonyl (C=O) groups excluding carboxylic acids is 1. The molecule has 1 aliphatic heterocycles. The van der Waals surface area contributed by atoms with Crippen LogP contribution < -0.4 is 5.32 Å². The van der Waals surface area contributed by atoms with Crippen molar-refractivity contribution < 1.29 is 9.53 Å². The molecule has 6 rings (SSSR count). The molecule has 0 radical (unpaired) electrons. The summed E-state index contributed by atoms with van der Waals surface area (Å²) in [6.07, 6.45) is 14.3. The zero-order chi connectivity index (χ0) is 22.8. The maximum atomic E-state index is 12.4. The average molecular weight is 470 g/mol. The van der Waals surface area contributed by atoms with E-state index in [1.165, 1.54) is 56.4 Å². The molecule has 5 nitrogen and oxygen atoms in total. The van der Waals surface area contributed by atoms with Crippen LogP contribution in [0.3, 0.4) is 0 Å². The first-order valence-corrected chi connectivity index (χ1v) is 14.0. The normalized spacial score (nSPS) is 44.3. The minimum Gasteiger partial charge on any atom is -0.444 e. The second kappa shape index (κ2) is 8.08. The summed E-state index contributed by atoms with van der Waals surface area (Å²) in [5.74, 6) is 3.53. The van der Waals surface area contributed by atoms with Crippen molar-refractivity contribution in [3.05, 3.63) is 28.2 Å². The van der Waals surface area contributed by atoms with E-state index in [1.807, 2.05) is 0 Å². The van der Waals surface area contributed by atoms with Gasteiger partial charge in [0.25, 0.3) is 0 Å². The first-order chi connectivity index (χ1) is 15.9. The van der Waals surface area contributed by atoms with Crippen LogP contribution in [0, 0.1) is 34.5 Å². The van der Waals surface area contributed by atoms with Gasteiger partial charge in [-0.25, -0.2) is 4.79 Å². The summed E-state index contributed by atoms with van der Waals surface area (Å²) in [6, 6.07) is 0.958. The Balaban J connectivity index is 1.13. The van der Waals surface area contributed by atoms with Crippen molar-refractivity contribution in [1.29, 1.82) is 0 Å². The van der Waals surface area contributed by atoms with Crippen LogP contribution in [0.4, 0.5) is 4.79 Å². The molecule has 2 heterocycles. The summed E-state index contributed by atoms with van der Waals surface area (Å²) in [4.78, 5) is 20.1. The number of thiazole rings is 1. The molecule has 0 aromatic carbocycles. The molecule has 6 heteroatoms. The summed E-state index contributed by atoms with van der Waals surface area (Å²) in [6.45, 7) is 6.67. The third-order valence-electron chi connectivity index (χ3n) is 10.9. The van der Waals surface area contributed by atoms with E-state index >= 15 is 0 Å². The molecule has 4 aliphatic carbocycles. The van der Waals surface area contributed by atoms with Gasteiger partial charge in [0.15, 0.2) is 0 Å². The summed E-state index contributed by atoms with van der Waals surface area (Å²) in [5, 5.41) is 3.16. The molecule has 0 bridgehead atoms. The molecule has 1 unspecified atom stereocenters. The van der Waals surface area contributed by atoms with Gasteiger partial charge in [0.05, 0.1) is 10.4 Å². The molecule has 8 atom stereocenters. The Labute approximate surface area is 202 Å². The van der Waals surface area contributed by atoms with Gasteiger partial charge in [-0.1, -0.05) is 18.6 Å². The lowest BCUT2D eigenvalue weighted by Gasteiger charge is -2.58. The van der Waals surface area contributed by atoms with Crippen molar-refractivity contribution >= 4 is 17.4 Å². The average Bonchev–Trinajstić information content (AvgIpc) is 3.49. The van der Waals surface area contributed by atoms with Crippen LogP contribution in [0.15, 0.2) is 23.4 Å². The first kappa shape index (κ1) is 22.1. The molecule has 3 saturated carbocycles. The second-order valence-electron chi connectivity index (χ2n) is 12.0. The van der Waals surface area contributed by atoms with Crippen LogP contribution in [0.2, 0.25) is 0 Å². The number of nitrogens with one attached hydrogen (secondary N) is 1. The third-order valence-corrected chi connectivity index (χ3v) is 11.6. The van der Waals surface area contributed by atoms with E-state index in [9.17, 15) is 4.79 Å². The van der Waals surface area contributed by atoms with Crippen molar-refractivity contribution in [2.45, 2.75) is 83.9 Å². The number of allylic oxidation sites excluding steroid dienone is 1. The number of hydrogen-bond acceptors (Lipinski definition) is 5. The predicted octanol–water partition coefficient (Wildman–Crippen LogP) is 5.63. The highest BCUT2D eigenvalue weighted by Crippen LogP contribution is 2.68. The van der Waals surface area contributed by atoms with Gasteiger partial charge >= 0.3 is 6.09 Å².